The van der Waals surface area contributed by atoms with Gasteiger partial charge in [-0.3, -0.25) is 9.59 Å². The van der Waals surface area contributed by atoms with Crippen LogP contribution >= 0.6 is 0 Å². The molecule has 0 amide bonds. The van der Waals surface area contributed by atoms with Gasteiger partial charge in [-0.1, -0.05) is 72.8 Å². The van der Waals surface area contributed by atoms with Crippen molar-refractivity contribution in [3.63, 3.8) is 0 Å². The summed E-state index contributed by atoms with van der Waals surface area (Å²) < 4.78 is 28.1. The molecule has 0 atom stereocenters. The van der Waals surface area contributed by atoms with Gasteiger partial charge in [-0.25, -0.2) is 38.7 Å². The predicted octanol–water partition coefficient (Wildman–Crippen LogP) is 6.65. The van der Waals surface area contributed by atoms with Gasteiger partial charge in [-0.15, -0.1) is 10.2 Å². The first-order chi connectivity index (χ1) is 34.8. The van der Waals surface area contributed by atoms with Crippen LogP contribution in [0.5, 0.6) is 11.8 Å². The number of aromatic nitrogens is 12. The SMILES string of the molecule is N#Cc1cnn(-c2ncccn2)c1N.N#Cc1cnn(-c2ncccn2)c1N=Nc1c(O)n(-c2ccccc2)n(-c2ccccc2)c1=O.O=c1cc(O)n(-c2ccccc2)n1-c1ccccc1.[2H-].[2H][2H].[2H][2H]. The summed E-state index contributed by atoms with van der Waals surface area (Å²) in [6, 6.07) is 44.6. The molecule has 0 radical (unpaired) electrons. The van der Waals surface area contributed by atoms with Gasteiger partial charge >= 0.3 is 5.56 Å². The number of hydrogen-bond acceptors (Lipinski definition) is 15. The summed E-state index contributed by atoms with van der Waals surface area (Å²) in [5.74, 6) is 0.298. The van der Waals surface area contributed by atoms with Crippen LogP contribution in [0.3, 0.4) is 0 Å². The Morgan fingerprint density at radius 1 is 0.567 bits per heavy atom. The summed E-state index contributed by atoms with van der Waals surface area (Å²) in [5, 5.41) is 55.2. The number of nitrogens with two attached hydrogens (primary N) is 1. The van der Waals surface area contributed by atoms with E-state index in [0.717, 1.165) is 5.69 Å². The van der Waals surface area contributed by atoms with Gasteiger partial charge in [0.15, 0.2) is 5.82 Å². The Labute approximate surface area is 386 Å². The van der Waals surface area contributed by atoms with Crippen LogP contribution in [-0.2, 0) is 0 Å². The number of nitrogen functional groups attached to an aromatic ring is 1. The quantitative estimate of drug-likeness (QED) is 0.135. The van der Waals surface area contributed by atoms with E-state index in [-0.39, 0.29) is 41.7 Å². The lowest BCUT2D eigenvalue weighted by atomic mass is 10.3. The molecule has 10 rings (SSSR count). The highest BCUT2D eigenvalue weighted by atomic mass is 16.3. The van der Waals surface area contributed by atoms with Crippen molar-refractivity contribution >= 4 is 17.3 Å². The summed E-state index contributed by atoms with van der Waals surface area (Å²) in [5.41, 5.74) is 7.38. The van der Waals surface area contributed by atoms with E-state index in [1.54, 1.807) is 73.1 Å². The first-order valence-electron chi connectivity index (χ1n) is 21.8. The molecule has 4 N–H and O–H groups in total. The summed E-state index contributed by atoms with van der Waals surface area (Å²) in [4.78, 5) is 41.5. The zero-order chi connectivity index (χ0) is 50.7. The lowest BCUT2D eigenvalue weighted by molar-refractivity contribution is 0.425. The second-order valence-corrected chi connectivity index (χ2v) is 13.6. The van der Waals surface area contributed by atoms with Gasteiger partial charge < -0.3 is 17.4 Å². The van der Waals surface area contributed by atoms with Crippen LogP contribution in [0.15, 0.2) is 197 Å². The molecule has 332 valence electrons. The van der Waals surface area contributed by atoms with Crippen LogP contribution in [-0.4, -0.2) is 68.4 Å². The molecule has 0 saturated heterocycles. The van der Waals surface area contributed by atoms with Gasteiger partial charge in [0.05, 0.1) is 41.2 Å². The fourth-order valence-electron chi connectivity index (χ4n) is 6.41. The van der Waals surface area contributed by atoms with Crippen molar-refractivity contribution in [2.45, 2.75) is 0 Å². The lowest BCUT2D eigenvalue weighted by Crippen LogP contribution is -2.20. The zero-order valence-electron chi connectivity index (χ0n) is 39.7. The Kier molecular flexibility index (Phi) is 11.9. The van der Waals surface area contributed by atoms with Crippen molar-refractivity contribution in [2.24, 2.45) is 10.2 Å². The fraction of sp³-hybridized carbons (Fsp3) is 0. The molecule has 21 heteroatoms. The van der Waals surface area contributed by atoms with Gasteiger partial charge in [-0.2, -0.15) is 30.1 Å². The van der Waals surface area contributed by atoms with E-state index in [1.165, 1.54) is 58.9 Å². The minimum Gasteiger partial charge on any atom is -1.00 e. The number of benzene rings is 4. The van der Waals surface area contributed by atoms with E-state index in [2.05, 4.69) is 40.4 Å². The molecule has 0 bridgehead atoms. The number of para-hydroxylation sites is 4. The number of anilines is 1. The minimum absolute atomic E-state index is 0. The number of aromatic hydroxyl groups is 2. The molecule has 0 fully saturated rings. The molecule has 21 nitrogen and oxygen atoms in total. The van der Waals surface area contributed by atoms with E-state index < -0.39 is 11.4 Å². The van der Waals surface area contributed by atoms with Crippen molar-refractivity contribution in [2.75, 3.05) is 5.73 Å². The summed E-state index contributed by atoms with van der Waals surface area (Å²) in [7, 11) is 0. The Hall–Kier alpha value is -10.5. The standard InChI is InChI=1S/C23H15N9O2.C15H12N2O2.C8H6N6.2H2.H/c24-14-16-15-27-30(23-25-12-7-13-26-23)20(16)29-28-19-21(33)31(17-8-3-1-4-9-17)32(22(19)34)18-10-5-2-6-11-18;18-14-11-15(19)17(13-9-5-2-6-10-13)16(14)12-7-3-1-4-8-12;9-4-6-5-13-14(7(6)10)8-11-2-1-3-12-8;;;/h1-13,15,33H;1-11,18H;1-3,5H,10H2;2*1H;/q;;;;;-1/i;;;2*1+1D;1+1. The number of nitriles is 2. The summed E-state index contributed by atoms with van der Waals surface area (Å²) in [6.07, 6.45) is 8.86. The van der Waals surface area contributed by atoms with Crippen molar-refractivity contribution in [1.82, 2.24) is 58.2 Å². The molecule has 10 aromatic rings. The van der Waals surface area contributed by atoms with Crippen LogP contribution in [0.4, 0.5) is 17.3 Å². The average molecular weight is 898 g/mol. The van der Waals surface area contributed by atoms with Crippen molar-refractivity contribution in [1.29, 1.82) is 10.5 Å². The number of hydrogen-bond donors (Lipinski definition) is 3. The molecule has 67 heavy (non-hydrogen) atoms. The molecule has 6 heterocycles. The number of nitrogens with zero attached hydrogens (tertiary/aromatic N) is 16. The highest BCUT2D eigenvalue weighted by Crippen LogP contribution is 2.31. The number of rotatable bonds is 8. The van der Waals surface area contributed by atoms with Crippen LogP contribution in [0.2, 0.25) is 0 Å². The topological polar surface area (TPSA) is 280 Å². The molecule has 0 spiro atoms. The van der Waals surface area contributed by atoms with Crippen LogP contribution in [0.25, 0.3) is 34.6 Å². The van der Waals surface area contributed by atoms with E-state index in [1.807, 2.05) is 84.9 Å². The predicted molar refractivity (Wildman–Crippen MR) is 248 cm³/mol. The Bertz CT molecular complexity index is 3520. The monoisotopic (exact) mass is 897 g/mol. The Morgan fingerprint density at radius 2 is 1.00 bits per heavy atom. The maximum Gasteiger partial charge on any atom is 0.303 e. The molecule has 0 aliphatic heterocycles. The van der Waals surface area contributed by atoms with Crippen LogP contribution < -0.4 is 16.9 Å². The van der Waals surface area contributed by atoms with Crippen LogP contribution in [0.1, 0.15) is 18.5 Å². The largest absolute Gasteiger partial charge is 1.00 e. The Morgan fingerprint density at radius 3 is 1.49 bits per heavy atom. The molecule has 0 aliphatic rings. The van der Waals surface area contributed by atoms with Gasteiger partial charge in [0.2, 0.25) is 17.4 Å². The lowest BCUT2D eigenvalue weighted by Gasteiger charge is -2.12. The highest BCUT2D eigenvalue weighted by molar-refractivity contribution is 5.55. The fourth-order valence-corrected chi connectivity index (χ4v) is 6.41. The maximum absolute atomic E-state index is 13.4. The molecule has 0 aliphatic carbocycles. The number of azo groups is 1. The van der Waals surface area contributed by atoms with Gasteiger partial charge in [-0.05, 0) is 60.7 Å². The Balaban J connectivity index is 0.000000213. The second-order valence-electron chi connectivity index (χ2n) is 13.6. The van der Waals surface area contributed by atoms with Gasteiger partial charge in [0.1, 0.15) is 29.1 Å². The van der Waals surface area contributed by atoms with E-state index >= 15 is 0 Å². The smallest absolute Gasteiger partial charge is 0.303 e. The third-order valence-corrected chi connectivity index (χ3v) is 9.41. The summed E-state index contributed by atoms with van der Waals surface area (Å²) >= 11 is 0. The molecule has 4 aromatic carbocycles. The van der Waals surface area contributed by atoms with Gasteiger partial charge in [0, 0.05) is 30.7 Å². The normalized spacial score (nSPS) is 10.8. The van der Waals surface area contributed by atoms with Crippen molar-refractivity contribution < 1.29 is 17.6 Å². The van der Waals surface area contributed by atoms with Gasteiger partial charge in [0.25, 0.3) is 17.5 Å². The molecule has 0 saturated carbocycles. The third-order valence-electron chi connectivity index (χ3n) is 9.41. The average Bonchev–Trinajstić information content (AvgIpc) is 4.18. The molecule has 6 aromatic heterocycles. The van der Waals surface area contributed by atoms with Crippen molar-refractivity contribution in [3.8, 4) is 58.5 Å². The van der Waals surface area contributed by atoms with Crippen molar-refractivity contribution in [3.05, 3.63) is 209 Å². The zero-order valence-corrected chi connectivity index (χ0v) is 34.7. The van der Waals surface area contributed by atoms with E-state index in [9.17, 15) is 25.1 Å². The van der Waals surface area contributed by atoms with E-state index in [0.29, 0.717) is 28.6 Å². The molecular formula is C46H38N17O4-. The highest BCUT2D eigenvalue weighted by Gasteiger charge is 2.23. The summed E-state index contributed by atoms with van der Waals surface area (Å²) in [6.45, 7) is 0. The first kappa shape index (κ1) is 40.5. The minimum atomic E-state index is -0.600. The molecular weight excluding hydrogens is 855 g/mol. The molecule has 0 unspecified atom stereocenters. The first-order valence-corrected chi connectivity index (χ1v) is 19.8. The van der Waals surface area contributed by atoms with Crippen LogP contribution in [0, 0.1) is 22.7 Å². The maximum atomic E-state index is 13.4. The third kappa shape index (κ3) is 9.03. The second kappa shape index (κ2) is 19.7. The van der Waals surface area contributed by atoms with E-state index in [4.69, 9.17) is 16.9 Å².